The number of piperidine rings is 1. The van der Waals surface area contributed by atoms with Gasteiger partial charge in [-0.05, 0) is 25.0 Å². The van der Waals surface area contributed by atoms with Crippen LogP contribution in [0.2, 0.25) is 0 Å². The predicted octanol–water partition coefficient (Wildman–Crippen LogP) is 1.52. The topological polar surface area (TPSA) is 67.2 Å². The van der Waals surface area contributed by atoms with Crippen LogP contribution in [0.3, 0.4) is 0 Å². The van der Waals surface area contributed by atoms with Crippen molar-refractivity contribution in [2.24, 2.45) is 0 Å². The molecular formula is C12H13N3O2. The lowest BCUT2D eigenvalue weighted by Gasteiger charge is -2.21. The molecule has 0 aliphatic carbocycles. The van der Waals surface area contributed by atoms with E-state index in [4.69, 9.17) is 4.42 Å². The van der Waals surface area contributed by atoms with Crippen LogP contribution in [0.15, 0.2) is 28.7 Å². The fourth-order valence-corrected chi connectivity index (χ4v) is 1.99. The summed E-state index contributed by atoms with van der Waals surface area (Å²) in [6.07, 6.45) is 1.79. The van der Waals surface area contributed by atoms with Crippen molar-refractivity contribution in [3.63, 3.8) is 0 Å². The van der Waals surface area contributed by atoms with Gasteiger partial charge in [-0.25, -0.2) is 0 Å². The van der Waals surface area contributed by atoms with Gasteiger partial charge in [-0.1, -0.05) is 12.1 Å². The van der Waals surface area contributed by atoms with Crippen molar-refractivity contribution < 1.29 is 9.21 Å². The second kappa shape index (κ2) is 4.08. The maximum absolute atomic E-state index is 11.6. The Morgan fingerprint density at radius 2 is 2.29 bits per heavy atom. The molecule has 2 aromatic rings. The Labute approximate surface area is 98.2 Å². The molecule has 1 aromatic carbocycles. The monoisotopic (exact) mass is 231 g/mol. The lowest BCUT2D eigenvalue weighted by molar-refractivity contribution is -0.123. The van der Waals surface area contributed by atoms with Crippen LogP contribution in [-0.2, 0) is 4.79 Å². The zero-order chi connectivity index (χ0) is 11.7. The van der Waals surface area contributed by atoms with Gasteiger partial charge in [-0.3, -0.25) is 4.79 Å². The van der Waals surface area contributed by atoms with E-state index in [1.54, 1.807) is 0 Å². The van der Waals surface area contributed by atoms with E-state index in [1.807, 2.05) is 24.3 Å². The molecule has 5 nitrogen and oxygen atoms in total. The van der Waals surface area contributed by atoms with Gasteiger partial charge in [-0.15, -0.1) is 0 Å². The number of hydrogen-bond acceptors (Lipinski definition) is 4. The van der Waals surface area contributed by atoms with E-state index in [9.17, 15) is 4.79 Å². The Bertz CT molecular complexity index is 516. The van der Waals surface area contributed by atoms with Crippen LogP contribution in [0.4, 0.5) is 6.01 Å². The molecule has 0 saturated carbocycles. The average molecular weight is 231 g/mol. The summed E-state index contributed by atoms with van der Waals surface area (Å²) < 4.78 is 5.52. The third-order valence-electron chi connectivity index (χ3n) is 2.88. The van der Waals surface area contributed by atoms with Crippen LogP contribution >= 0.6 is 0 Å². The molecule has 0 radical (unpaired) electrons. The Morgan fingerprint density at radius 3 is 3.12 bits per heavy atom. The lowest BCUT2D eigenvalue weighted by Crippen LogP contribution is -2.44. The normalized spacial score (nSPS) is 20.2. The summed E-state index contributed by atoms with van der Waals surface area (Å²) in [7, 11) is 0. The molecule has 2 heterocycles. The number of carbonyl (C=O) groups excluding carboxylic acids is 1. The predicted molar refractivity (Wildman–Crippen MR) is 63.7 cm³/mol. The Hall–Kier alpha value is -2.04. The van der Waals surface area contributed by atoms with Gasteiger partial charge in [0.1, 0.15) is 11.6 Å². The number of rotatable bonds is 2. The van der Waals surface area contributed by atoms with E-state index < -0.39 is 0 Å². The van der Waals surface area contributed by atoms with Crippen LogP contribution in [0.5, 0.6) is 0 Å². The largest absolute Gasteiger partial charge is 0.424 e. The molecule has 1 aliphatic heterocycles. The third kappa shape index (κ3) is 1.95. The zero-order valence-electron chi connectivity index (χ0n) is 9.27. The fourth-order valence-electron chi connectivity index (χ4n) is 1.99. The number of amides is 1. The molecule has 0 bridgehead atoms. The quantitative estimate of drug-likeness (QED) is 0.822. The van der Waals surface area contributed by atoms with Crippen LogP contribution in [0.25, 0.3) is 11.1 Å². The number of para-hydroxylation sites is 2. The van der Waals surface area contributed by atoms with Gasteiger partial charge < -0.3 is 15.1 Å². The fraction of sp³-hybridized carbons (Fsp3) is 0.333. The van der Waals surface area contributed by atoms with Crippen LogP contribution in [0, 0.1) is 0 Å². The van der Waals surface area contributed by atoms with Crippen LogP contribution < -0.4 is 10.6 Å². The van der Waals surface area contributed by atoms with Crippen LogP contribution in [-0.4, -0.2) is 23.5 Å². The number of hydrogen-bond donors (Lipinski definition) is 2. The standard InChI is InChI=1S/C12H13N3O2/c16-11-9(5-3-7-13-11)15-12-14-8-4-1-2-6-10(8)17-12/h1-2,4,6,9H,3,5,7H2,(H,13,16)(H,14,15). The van der Waals surface area contributed by atoms with E-state index in [0.29, 0.717) is 6.01 Å². The maximum atomic E-state index is 11.6. The number of carbonyl (C=O) groups is 1. The molecule has 1 aromatic heterocycles. The minimum atomic E-state index is -0.239. The molecular weight excluding hydrogens is 218 g/mol. The third-order valence-corrected chi connectivity index (χ3v) is 2.88. The number of fused-ring (bicyclic) bond motifs is 1. The van der Waals surface area contributed by atoms with Crippen molar-refractivity contribution in [3.8, 4) is 0 Å². The number of aromatic nitrogens is 1. The molecule has 1 fully saturated rings. The summed E-state index contributed by atoms with van der Waals surface area (Å²) in [4.78, 5) is 15.9. The highest BCUT2D eigenvalue weighted by atomic mass is 16.4. The summed E-state index contributed by atoms with van der Waals surface area (Å²) in [5, 5.41) is 5.85. The molecule has 1 saturated heterocycles. The minimum absolute atomic E-state index is 0.0125. The Morgan fingerprint density at radius 1 is 1.41 bits per heavy atom. The van der Waals surface area contributed by atoms with Gasteiger partial charge in [0.15, 0.2) is 5.58 Å². The Kier molecular flexibility index (Phi) is 2.44. The number of nitrogens with one attached hydrogen (secondary N) is 2. The molecule has 5 heteroatoms. The first-order valence-electron chi connectivity index (χ1n) is 5.73. The number of oxazole rings is 1. The number of benzene rings is 1. The first-order chi connectivity index (χ1) is 8.33. The number of anilines is 1. The van der Waals surface area contributed by atoms with Gasteiger partial charge >= 0.3 is 0 Å². The molecule has 17 heavy (non-hydrogen) atoms. The van der Waals surface area contributed by atoms with E-state index in [2.05, 4.69) is 15.6 Å². The molecule has 1 aliphatic rings. The van der Waals surface area contributed by atoms with E-state index in [-0.39, 0.29) is 11.9 Å². The minimum Gasteiger partial charge on any atom is -0.424 e. The molecule has 88 valence electrons. The second-order valence-electron chi connectivity index (χ2n) is 4.12. The smallest absolute Gasteiger partial charge is 0.296 e. The summed E-state index contributed by atoms with van der Waals surface area (Å²) in [5.41, 5.74) is 1.53. The van der Waals surface area contributed by atoms with Gasteiger partial charge in [0.05, 0.1) is 0 Å². The van der Waals surface area contributed by atoms with Gasteiger partial charge in [0.2, 0.25) is 5.91 Å². The lowest BCUT2D eigenvalue weighted by atomic mass is 10.1. The van der Waals surface area contributed by atoms with Gasteiger partial charge in [-0.2, -0.15) is 4.98 Å². The van der Waals surface area contributed by atoms with Crippen molar-refractivity contribution in [2.75, 3.05) is 11.9 Å². The number of nitrogens with zero attached hydrogens (tertiary/aromatic N) is 1. The first kappa shape index (κ1) is 10.1. The van der Waals surface area contributed by atoms with Crippen LogP contribution in [0.1, 0.15) is 12.8 Å². The molecule has 1 atom stereocenters. The zero-order valence-corrected chi connectivity index (χ0v) is 9.27. The maximum Gasteiger partial charge on any atom is 0.296 e. The average Bonchev–Trinajstić information content (AvgIpc) is 2.74. The summed E-state index contributed by atoms with van der Waals surface area (Å²) in [6, 6.07) is 7.71. The molecule has 3 rings (SSSR count). The highest BCUT2D eigenvalue weighted by Crippen LogP contribution is 2.19. The molecule has 1 unspecified atom stereocenters. The van der Waals surface area contributed by atoms with Gasteiger partial charge in [0, 0.05) is 6.54 Å². The summed E-state index contributed by atoms with van der Waals surface area (Å²) in [6.45, 7) is 0.755. The molecule has 1 amide bonds. The van der Waals surface area contributed by atoms with Crippen molar-refractivity contribution in [3.05, 3.63) is 24.3 Å². The van der Waals surface area contributed by atoms with Crippen molar-refractivity contribution in [1.29, 1.82) is 0 Å². The second-order valence-corrected chi connectivity index (χ2v) is 4.12. The van der Waals surface area contributed by atoms with E-state index >= 15 is 0 Å². The van der Waals surface area contributed by atoms with Crippen molar-refractivity contribution >= 4 is 23.0 Å². The van der Waals surface area contributed by atoms with Crippen molar-refractivity contribution in [2.45, 2.75) is 18.9 Å². The summed E-state index contributed by atoms with van der Waals surface area (Å²) >= 11 is 0. The Balaban J connectivity index is 1.82. The van der Waals surface area contributed by atoms with E-state index in [1.165, 1.54) is 0 Å². The van der Waals surface area contributed by atoms with E-state index in [0.717, 1.165) is 30.5 Å². The SMILES string of the molecule is O=C1NCCCC1Nc1nc2ccccc2o1. The molecule has 2 N–H and O–H groups in total. The summed E-state index contributed by atoms with van der Waals surface area (Å²) in [5.74, 6) is 0.0125. The highest BCUT2D eigenvalue weighted by molar-refractivity contribution is 5.85. The van der Waals surface area contributed by atoms with Gasteiger partial charge in [0.25, 0.3) is 6.01 Å². The first-order valence-corrected chi connectivity index (χ1v) is 5.73. The highest BCUT2D eigenvalue weighted by Gasteiger charge is 2.23. The van der Waals surface area contributed by atoms with Crippen molar-refractivity contribution in [1.82, 2.24) is 10.3 Å². The molecule has 0 spiro atoms.